The van der Waals surface area contributed by atoms with E-state index in [2.05, 4.69) is 110 Å². The van der Waals surface area contributed by atoms with Gasteiger partial charge in [-0.05, 0) is 171 Å². The van der Waals surface area contributed by atoms with Crippen LogP contribution < -0.4 is 11.1 Å². The highest BCUT2D eigenvalue weighted by molar-refractivity contribution is 6.00. The molecule has 0 saturated carbocycles. The summed E-state index contributed by atoms with van der Waals surface area (Å²) in [5, 5.41) is 14.6. The molecule has 1 amide bonds. The monoisotopic (exact) mass is 1110 g/mol. The number of nitrogens with one attached hydrogen (secondary N) is 1. The van der Waals surface area contributed by atoms with Gasteiger partial charge in [0.25, 0.3) is 5.91 Å². The third-order valence-electron chi connectivity index (χ3n) is 15.5. The van der Waals surface area contributed by atoms with Crippen LogP contribution in [0.5, 0.6) is 0 Å². The lowest BCUT2D eigenvalue weighted by Crippen LogP contribution is -2.28. The van der Waals surface area contributed by atoms with Crippen LogP contribution in [-0.2, 0) is 22.6 Å². The fourth-order valence-electron chi connectivity index (χ4n) is 10.5. The molecule has 4 N–H and O–H groups in total. The van der Waals surface area contributed by atoms with E-state index in [-0.39, 0.29) is 29.9 Å². The Morgan fingerprint density at radius 1 is 0.482 bits per heavy atom. The van der Waals surface area contributed by atoms with Crippen LogP contribution in [0.25, 0.3) is 44.1 Å². The van der Waals surface area contributed by atoms with Crippen LogP contribution in [0.2, 0.25) is 0 Å². The van der Waals surface area contributed by atoms with Gasteiger partial charge in [0.15, 0.2) is 0 Å². The summed E-state index contributed by atoms with van der Waals surface area (Å²) in [6.45, 7) is 18.2. The van der Waals surface area contributed by atoms with Crippen LogP contribution in [0, 0.1) is 27.7 Å². The Morgan fingerprint density at radius 3 is 1.30 bits per heavy atom. The van der Waals surface area contributed by atoms with Crippen molar-refractivity contribution in [1.82, 2.24) is 14.5 Å². The summed E-state index contributed by atoms with van der Waals surface area (Å²) in [6.07, 6.45) is 1.82. The number of carboxylic acid groups (broad SMARTS) is 1. The summed E-state index contributed by atoms with van der Waals surface area (Å²) in [7, 11) is 0. The van der Waals surface area contributed by atoms with Gasteiger partial charge in [0.05, 0.1) is 35.9 Å². The van der Waals surface area contributed by atoms with Crippen molar-refractivity contribution in [3.05, 3.63) is 261 Å². The molecule has 11 nitrogen and oxygen atoms in total. The van der Waals surface area contributed by atoms with Gasteiger partial charge in [-0.1, -0.05) is 147 Å². The number of nitrogens with two attached hydrogens (primary N) is 1. The van der Waals surface area contributed by atoms with Crippen molar-refractivity contribution in [2.45, 2.75) is 93.4 Å². The van der Waals surface area contributed by atoms with Crippen LogP contribution in [0.4, 0.5) is 0 Å². The maximum Gasteiger partial charge on any atom is 0.338 e. The average Bonchev–Trinajstić information content (AvgIpc) is 3.41. The predicted molar refractivity (Wildman–Crippen MR) is 334 cm³/mol. The zero-order chi connectivity index (χ0) is 59.2. The molecule has 10 rings (SSSR count). The summed E-state index contributed by atoms with van der Waals surface area (Å²) < 4.78 is 14.8. The Balaban J connectivity index is 0.000000189. The van der Waals surface area contributed by atoms with Crippen LogP contribution in [0.1, 0.15) is 139 Å². The number of aromatic carboxylic acids is 1. The van der Waals surface area contributed by atoms with E-state index in [1.54, 1.807) is 38.1 Å². The molecule has 0 aliphatic rings. The summed E-state index contributed by atoms with van der Waals surface area (Å²) >= 11 is 0. The van der Waals surface area contributed by atoms with Gasteiger partial charge in [-0.25, -0.2) is 14.4 Å². The minimum atomic E-state index is -0.923. The summed E-state index contributed by atoms with van der Waals surface area (Å²) in [5.74, 6) is -1.62. The van der Waals surface area contributed by atoms with Crippen molar-refractivity contribution < 1.29 is 33.8 Å². The minimum Gasteiger partial charge on any atom is -0.478 e. The van der Waals surface area contributed by atoms with E-state index in [1.807, 2.05) is 116 Å². The molecule has 0 spiro atoms. The molecule has 0 aliphatic heterocycles. The molecule has 0 saturated heterocycles. The van der Waals surface area contributed by atoms with E-state index in [0.717, 1.165) is 79.3 Å². The third-order valence-corrected chi connectivity index (χ3v) is 15.5. The first-order valence-corrected chi connectivity index (χ1v) is 28.4. The van der Waals surface area contributed by atoms with Crippen molar-refractivity contribution in [2.24, 2.45) is 5.73 Å². The number of fused-ring (bicyclic) bond motifs is 2. The number of benzene rings is 8. The summed E-state index contributed by atoms with van der Waals surface area (Å²) in [4.78, 5) is 48.8. The quantitative estimate of drug-likeness (QED) is 0.0762. The molecule has 10 aromatic rings. The van der Waals surface area contributed by atoms with Crippen LogP contribution in [0.3, 0.4) is 0 Å². The molecule has 0 bridgehead atoms. The Kier molecular flexibility index (Phi) is 20.1. The number of carboxylic acids is 1. The molecular weight excluding hydrogens is 1030 g/mol. The van der Waals surface area contributed by atoms with Gasteiger partial charge in [0, 0.05) is 57.9 Å². The lowest BCUT2D eigenvalue weighted by Gasteiger charge is -2.17. The second-order valence-corrected chi connectivity index (χ2v) is 20.5. The predicted octanol–water partition coefficient (Wildman–Crippen LogP) is 16.0. The van der Waals surface area contributed by atoms with Crippen molar-refractivity contribution in [2.75, 3.05) is 13.2 Å². The second-order valence-electron chi connectivity index (χ2n) is 20.5. The first-order valence-electron chi connectivity index (χ1n) is 28.4. The number of aromatic nitrogens is 2. The lowest BCUT2D eigenvalue weighted by molar-refractivity contribution is 0.0517. The van der Waals surface area contributed by atoms with Gasteiger partial charge in [-0.3, -0.25) is 4.79 Å². The molecule has 424 valence electrons. The normalized spacial score (nSPS) is 11.6. The molecule has 2 aromatic heterocycles. The standard InChI is InChI=1S/C36H36N2O3.C27H25NO4.C9H13N/c1-5-33(27-12-8-7-9-13-27)37-35(39)29-20-21-34-32(22-29)24(3)25(4)38(34)23-30-14-10-11-15-31(30)26-16-18-28(19-17-26)36(40)41-6-2;1-4-32-27(31)20-11-9-19(10-12-20)23-8-6-5-7-22(23)16-28-18(3)17(2)24-15-21(26(29)30)13-14-25(24)28;1-2-9(10)8-6-4-3-5-7-8/h7-22,33H,5-6,23H2,1-4H3,(H,37,39);5-15H,4,16H2,1-3H3,(H,29,30);3-7,9H,2,10H2,1H3. The Labute approximate surface area is 487 Å². The molecule has 8 aromatic carbocycles. The van der Waals surface area contributed by atoms with E-state index >= 15 is 0 Å². The van der Waals surface area contributed by atoms with Crippen LogP contribution in [0.15, 0.2) is 194 Å². The van der Waals surface area contributed by atoms with Gasteiger partial charge in [0.2, 0.25) is 0 Å². The number of aryl methyl sites for hydroxylation is 2. The molecule has 0 fully saturated rings. The van der Waals surface area contributed by atoms with E-state index in [9.17, 15) is 24.3 Å². The highest BCUT2D eigenvalue weighted by atomic mass is 16.5. The zero-order valence-electron chi connectivity index (χ0n) is 48.7. The molecule has 0 radical (unpaired) electrons. The highest BCUT2D eigenvalue weighted by Crippen LogP contribution is 2.33. The van der Waals surface area contributed by atoms with E-state index < -0.39 is 5.97 Å². The van der Waals surface area contributed by atoms with Crippen molar-refractivity contribution in [3.63, 3.8) is 0 Å². The Morgan fingerprint density at radius 2 is 0.880 bits per heavy atom. The molecular formula is C72H74N4O7. The van der Waals surface area contributed by atoms with Gasteiger partial charge in [-0.2, -0.15) is 0 Å². The molecule has 0 aliphatic carbocycles. The largest absolute Gasteiger partial charge is 0.478 e. The maximum absolute atomic E-state index is 13.3. The number of amides is 1. The Hall–Kier alpha value is -9.32. The van der Waals surface area contributed by atoms with E-state index in [1.165, 1.54) is 22.4 Å². The van der Waals surface area contributed by atoms with Crippen molar-refractivity contribution >= 4 is 45.6 Å². The van der Waals surface area contributed by atoms with Gasteiger partial charge < -0.3 is 34.8 Å². The molecule has 2 atom stereocenters. The first kappa shape index (κ1) is 59.8. The lowest BCUT2D eigenvalue weighted by atomic mass is 9.98. The molecule has 2 unspecified atom stereocenters. The van der Waals surface area contributed by atoms with Crippen molar-refractivity contribution in [3.8, 4) is 22.3 Å². The summed E-state index contributed by atoms with van der Waals surface area (Å²) in [5.41, 5.74) is 23.4. The fraction of sp³-hybridized carbons (Fsp3) is 0.222. The minimum absolute atomic E-state index is 0.0327. The number of ether oxygens (including phenoxy) is 2. The average molecular weight is 1110 g/mol. The topological polar surface area (TPSA) is 155 Å². The van der Waals surface area contributed by atoms with Crippen LogP contribution in [-0.4, -0.2) is 51.3 Å². The molecule has 11 heteroatoms. The van der Waals surface area contributed by atoms with Gasteiger partial charge in [-0.15, -0.1) is 0 Å². The van der Waals surface area contributed by atoms with Crippen molar-refractivity contribution in [1.29, 1.82) is 0 Å². The number of hydrogen-bond donors (Lipinski definition) is 3. The third kappa shape index (κ3) is 14.1. The van der Waals surface area contributed by atoms with Crippen LogP contribution >= 0.6 is 0 Å². The molecule has 83 heavy (non-hydrogen) atoms. The number of hydrogen-bond acceptors (Lipinski definition) is 7. The number of esters is 2. The number of carbonyl (C=O) groups is 4. The summed E-state index contributed by atoms with van der Waals surface area (Å²) in [6, 6.07) is 63.3. The van der Waals surface area contributed by atoms with Gasteiger partial charge in [0.1, 0.15) is 0 Å². The smallest absolute Gasteiger partial charge is 0.338 e. The first-order chi connectivity index (χ1) is 40.1. The second kappa shape index (κ2) is 27.9. The molecule has 2 heterocycles. The SMILES string of the molecule is CCC(N)c1ccccc1.CCOC(=O)c1ccc(-c2ccccc2Cn2c(C)c(C)c3cc(C(=O)NC(CC)c4ccccc4)ccc32)cc1.CCOC(=O)c1ccc(-c2ccccc2Cn2c(C)c(C)c3cc(C(=O)O)ccc32)cc1. The van der Waals surface area contributed by atoms with E-state index in [4.69, 9.17) is 15.2 Å². The van der Waals surface area contributed by atoms with E-state index in [0.29, 0.717) is 48.6 Å². The fourth-order valence-corrected chi connectivity index (χ4v) is 10.5. The maximum atomic E-state index is 13.3. The number of rotatable bonds is 17. The Bertz CT molecular complexity index is 3860. The number of nitrogens with zero attached hydrogens (tertiary/aromatic N) is 2. The number of carbonyl (C=O) groups excluding carboxylic acids is 3. The zero-order valence-corrected chi connectivity index (χ0v) is 48.7. The van der Waals surface area contributed by atoms with Gasteiger partial charge >= 0.3 is 17.9 Å². The highest BCUT2D eigenvalue weighted by Gasteiger charge is 2.20.